The van der Waals surface area contributed by atoms with Crippen LogP contribution >= 0.6 is 0 Å². The van der Waals surface area contributed by atoms with E-state index >= 15 is 0 Å². The Morgan fingerprint density at radius 2 is 1.84 bits per heavy atom. The molecular weight excluding hydrogens is 438 g/mol. The first-order valence-corrected chi connectivity index (χ1v) is 11.7. The summed E-state index contributed by atoms with van der Waals surface area (Å²) in [5, 5.41) is 9.95. The maximum atomic E-state index is 13.1. The Kier molecular flexibility index (Phi) is 5.74. The fourth-order valence-corrected chi connectivity index (χ4v) is 5.58. The Morgan fingerprint density at radius 3 is 2.50 bits per heavy atom. The van der Waals surface area contributed by atoms with Crippen molar-refractivity contribution in [3.05, 3.63) is 35.0 Å². The van der Waals surface area contributed by atoms with E-state index in [0.717, 1.165) is 4.90 Å². The molecule has 1 aromatic heterocycles. The lowest BCUT2D eigenvalue weighted by atomic mass is 10.0. The number of amides is 2. The summed E-state index contributed by atoms with van der Waals surface area (Å²) in [4.78, 5) is 42.4. The number of ether oxygens (including phenoxy) is 1. The van der Waals surface area contributed by atoms with Gasteiger partial charge < -0.3 is 9.84 Å². The van der Waals surface area contributed by atoms with Crippen LogP contribution in [0.25, 0.3) is 10.9 Å². The quantitative estimate of drug-likeness (QED) is 0.512. The number of aryl methyl sites for hydroxylation is 1. The molecule has 4 rings (SSSR count). The predicted octanol–water partition coefficient (Wildman–Crippen LogP) is 0.848. The molecule has 11 heteroatoms. The van der Waals surface area contributed by atoms with Crippen LogP contribution in [0.2, 0.25) is 0 Å². The van der Waals surface area contributed by atoms with Crippen molar-refractivity contribution >= 4 is 38.7 Å². The minimum absolute atomic E-state index is 0.00662. The zero-order valence-corrected chi connectivity index (χ0v) is 18.5. The van der Waals surface area contributed by atoms with Crippen LogP contribution in [-0.4, -0.2) is 77.8 Å². The third-order valence-electron chi connectivity index (χ3n) is 5.74. The molecule has 2 aromatic rings. The monoisotopic (exact) mass is 461 g/mol. The Hall–Kier alpha value is -2.89. The smallest absolute Gasteiger partial charge is 0.302 e. The third kappa shape index (κ3) is 3.76. The fourth-order valence-electron chi connectivity index (χ4n) is 4.09. The summed E-state index contributed by atoms with van der Waals surface area (Å²) >= 11 is 0. The molecule has 1 aromatic carbocycles. The Labute approximate surface area is 184 Å². The number of nitrogens with zero attached hydrogens (tertiary/aromatic N) is 3. The van der Waals surface area contributed by atoms with Gasteiger partial charge in [-0.25, -0.2) is 8.42 Å². The molecule has 1 fully saturated rings. The van der Waals surface area contributed by atoms with Crippen molar-refractivity contribution in [1.82, 2.24) is 14.2 Å². The number of pyridine rings is 1. The van der Waals surface area contributed by atoms with E-state index in [4.69, 9.17) is 4.74 Å². The van der Waals surface area contributed by atoms with E-state index < -0.39 is 33.9 Å². The number of aliphatic hydroxyl groups is 1. The molecule has 10 nitrogen and oxygen atoms in total. The summed E-state index contributed by atoms with van der Waals surface area (Å²) in [6, 6.07) is 4.33. The number of sulfonamides is 1. The van der Waals surface area contributed by atoms with E-state index in [-0.39, 0.29) is 47.6 Å². The number of aliphatic hydroxyl groups excluding tert-OH is 1. The Balaban J connectivity index is 1.75. The second-order valence-corrected chi connectivity index (χ2v) is 9.80. The second-order valence-electron chi connectivity index (χ2n) is 7.86. The van der Waals surface area contributed by atoms with Gasteiger partial charge in [0.25, 0.3) is 11.8 Å². The molecule has 2 aliphatic heterocycles. The van der Waals surface area contributed by atoms with E-state index in [1.165, 1.54) is 29.4 Å². The second kappa shape index (κ2) is 8.23. The van der Waals surface area contributed by atoms with Crippen LogP contribution in [0.5, 0.6) is 0 Å². The number of rotatable bonds is 5. The van der Waals surface area contributed by atoms with Gasteiger partial charge in [-0.2, -0.15) is 4.31 Å². The van der Waals surface area contributed by atoms with E-state index in [1.807, 2.05) is 0 Å². The van der Waals surface area contributed by atoms with Crippen LogP contribution in [0.3, 0.4) is 0 Å². The number of fused-ring (bicyclic) bond motifs is 3. The number of hydrogen-bond donors (Lipinski definition) is 1. The van der Waals surface area contributed by atoms with Crippen LogP contribution < -0.4 is 0 Å². The lowest BCUT2D eigenvalue weighted by Crippen LogP contribution is -2.40. The largest absolute Gasteiger partial charge is 0.464 e. The van der Waals surface area contributed by atoms with Crippen LogP contribution in [0.15, 0.2) is 23.1 Å². The fraction of sp³-hybridized carbons (Fsp3) is 0.429. The van der Waals surface area contributed by atoms with Gasteiger partial charge in [-0.15, -0.1) is 0 Å². The van der Waals surface area contributed by atoms with E-state index in [1.54, 1.807) is 6.92 Å². The van der Waals surface area contributed by atoms with E-state index in [9.17, 15) is 27.9 Å². The number of piperidine rings is 1. The first-order valence-electron chi connectivity index (χ1n) is 10.2. The number of carbonyl (C=O) groups is 3. The van der Waals surface area contributed by atoms with Crippen molar-refractivity contribution < 1.29 is 32.6 Å². The molecule has 0 aliphatic carbocycles. The maximum Gasteiger partial charge on any atom is 0.302 e. The topological polar surface area (TPSA) is 134 Å². The molecule has 170 valence electrons. The molecule has 0 unspecified atom stereocenters. The molecular formula is C21H23N3O7S. The average Bonchev–Trinajstić information content (AvgIpc) is 2.99. The first kappa shape index (κ1) is 22.3. The normalized spacial score (nSPS) is 17.8. The molecule has 1 N–H and O–H groups in total. The van der Waals surface area contributed by atoms with Crippen LogP contribution in [0, 0.1) is 6.92 Å². The lowest BCUT2D eigenvalue weighted by Gasteiger charge is -2.28. The van der Waals surface area contributed by atoms with Crippen molar-refractivity contribution in [2.45, 2.75) is 37.7 Å². The summed E-state index contributed by atoms with van der Waals surface area (Å²) < 4.78 is 32.4. The predicted molar refractivity (Wildman–Crippen MR) is 112 cm³/mol. The van der Waals surface area contributed by atoms with Crippen LogP contribution in [-0.2, 0) is 19.6 Å². The van der Waals surface area contributed by atoms with Gasteiger partial charge in [0.05, 0.1) is 39.9 Å². The molecule has 0 atom stereocenters. The average molecular weight is 461 g/mol. The standard InChI is InChI=1S/C21H23N3O7S/c1-12-18-19(21(28)24(20(18)27)9-10-31-13(2)25)16-11-15(3-4-17(16)22-12)32(29,30)23-7-5-14(26)6-8-23/h3-4,11,14,26H,5-10H2,1-2H3. The van der Waals surface area contributed by atoms with Gasteiger partial charge in [-0.05, 0) is 38.0 Å². The molecule has 1 saturated heterocycles. The molecule has 3 heterocycles. The van der Waals surface area contributed by atoms with Gasteiger partial charge in [0.1, 0.15) is 6.61 Å². The van der Waals surface area contributed by atoms with Crippen molar-refractivity contribution in [2.24, 2.45) is 0 Å². The van der Waals surface area contributed by atoms with Gasteiger partial charge in [0, 0.05) is 25.4 Å². The van der Waals surface area contributed by atoms with Crippen molar-refractivity contribution in [3.63, 3.8) is 0 Å². The SMILES string of the molecule is CC(=O)OCCN1C(=O)c2c(C)nc3ccc(S(=O)(=O)N4CCC(O)CC4)cc3c2C1=O. The highest BCUT2D eigenvalue weighted by Crippen LogP contribution is 2.33. The number of hydrogen-bond acceptors (Lipinski definition) is 8. The number of benzene rings is 1. The van der Waals surface area contributed by atoms with Gasteiger partial charge in [0.2, 0.25) is 10.0 Å². The highest BCUT2D eigenvalue weighted by atomic mass is 32.2. The minimum Gasteiger partial charge on any atom is -0.464 e. The number of carbonyl (C=O) groups excluding carboxylic acids is 3. The van der Waals surface area contributed by atoms with E-state index in [2.05, 4.69) is 4.98 Å². The van der Waals surface area contributed by atoms with Gasteiger partial charge in [-0.1, -0.05) is 0 Å². The summed E-state index contributed by atoms with van der Waals surface area (Å²) in [5.41, 5.74) is 0.992. The molecule has 0 radical (unpaired) electrons. The summed E-state index contributed by atoms with van der Waals surface area (Å²) in [6.45, 7) is 3.00. The highest BCUT2D eigenvalue weighted by Gasteiger charge is 2.39. The number of imide groups is 1. The molecule has 0 saturated carbocycles. The van der Waals surface area contributed by atoms with Gasteiger partial charge in [-0.3, -0.25) is 24.3 Å². The van der Waals surface area contributed by atoms with Crippen molar-refractivity contribution in [2.75, 3.05) is 26.2 Å². The van der Waals surface area contributed by atoms with Gasteiger partial charge >= 0.3 is 5.97 Å². The zero-order chi connectivity index (χ0) is 23.2. The lowest BCUT2D eigenvalue weighted by molar-refractivity contribution is -0.141. The zero-order valence-electron chi connectivity index (χ0n) is 17.7. The summed E-state index contributed by atoms with van der Waals surface area (Å²) in [5.74, 6) is -1.66. The van der Waals surface area contributed by atoms with Crippen molar-refractivity contribution in [1.29, 1.82) is 0 Å². The first-order chi connectivity index (χ1) is 15.1. The van der Waals surface area contributed by atoms with E-state index in [0.29, 0.717) is 24.1 Å². The number of esters is 1. The molecule has 0 spiro atoms. The molecule has 2 aliphatic rings. The van der Waals surface area contributed by atoms with Crippen LogP contribution in [0.4, 0.5) is 0 Å². The highest BCUT2D eigenvalue weighted by molar-refractivity contribution is 7.89. The molecule has 0 bridgehead atoms. The van der Waals surface area contributed by atoms with Crippen LogP contribution in [0.1, 0.15) is 46.2 Å². The minimum atomic E-state index is -3.85. The summed E-state index contributed by atoms with van der Waals surface area (Å²) in [7, 11) is -3.85. The Bertz CT molecular complexity index is 1230. The third-order valence-corrected chi connectivity index (χ3v) is 7.63. The molecule has 2 amide bonds. The maximum absolute atomic E-state index is 13.1. The van der Waals surface area contributed by atoms with Crippen molar-refractivity contribution in [3.8, 4) is 0 Å². The summed E-state index contributed by atoms with van der Waals surface area (Å²) in [6.07, 6.45) is 0.190. The molecule has 32 heavy (non-hydrogen) atoms. The number of aromatic nitrogens is 1. The Morgan fingerprint density at radius 1 is 1.19 bits per heavy atom. The van der Waals surface area contributed by atoms with Gasteiger partial charge in [0.15, 0.2) is 0 Å².